The molecule has 88 valence electrons. The summed E-state index contributed by atoms with van der Waals surface area (Å²) in [5.41, 5.74) is 0. The number of rotatable bonds is 5. The van der Waals surface area contributed by atoms with E-state index in [2.05, 4.69) is 4.90 Å². The van der Waals surface area contributed by atoms with Crippen LogP contribution in [0.4, 0.5) is 0 Å². The highest BCUT2D eigenvalue weighted by atomic mass is 16.5. The van der Waals surface area contributed by atoms with Gasteiger partial charge in [-0.2, -0.15) is 0 Å². The van der Waals surface area contributed by atoms with E-state index in [0.29, 0.717) is 12.5 Å². The van der Waals surface area contributed by atoms with Crippen LogP contribution in [0.1, 0.15) is 25.7 Å². The molecular formula is C11H21NO3. The first-order chi connectivity index (χ1) is 7.27. The van der Waals surface area contributed by atoms with Crippen LogP contribution in [0.25, 0.3) is 0 Å². The van der Waals surface area contributed by atoms with Crippen molar-refractivity contribution < 1.29 is 14.3 Å². The minimum Gasteiger partial charge on any atom is -0.469 e. The van der Waals surface area contributed by atoms with Gasteiger partial charge in [0.05, 0.1) is 20.1 Å². The number of ether oxygens (including phenoxy) is 2. The van der Waals surface area contributed by atoms with E-state index in [4.69, 9.17) is 9.47 Å². The van der Waals surface area contributed by atoms with Crippen molar-refractivity contribution in [2.24, 2.45) is 0 Å². The van der Waals surface area contributed by atoms with Crippen LogP contribution < -0.4 is 0 Å². The van der Waals surface area contributed by atoms with Gasteiger partial charge in [-0.25, -0.2) is 0 Å². The lowest BCUT2D eigenvalue weighted by Crippen LogP contribution is -2.42. The normalized spacial score (nSPS) is 22.7. The van der Waals surface area contributed by atoms with Crippen molar-refractivity contribution >= 4 is 5.97 Å². The van der Waals surface area contributed by atoms with Gasteiger partial charge >= 0.3 is 5.97 Å². The highest BCUT2D eigenvalue weighted by molar-refractivity contribution is 5.69. The highest BCUT2D eigenvalue weighted by Gasteiger charge is 2.24. The van der Waals surface area contributed by atoms with E-state index in [1.165, 1.54) is 20.0 Å². The summed E-state index contributed by atoms with van der Waals surface area (Å²) in [6, 6.07) is 0.348. The third-order valence-electron chi connectivity index (χ3n) is 2.96. The predicted octanol–water partition coefficient (Wildman–Crippen LogP) is 1.05. The third kappa shape index (κ3) is 4.18. The van der Waals surface area contributed by atoms with Gasteiger partial charge in [-0.15, -0.1) is 0 Å². The Morgan fingerprint density at radius 2 is 2.20 bits per heavy atom. The molecule has 0 bridgehead atoms. The molecule has 0 spiro atoms. The van der Waals surface area contributed by atoms with Gasteiger partial charge in [0.15, 0.2) is 0 Å². The minimum atomic E-state index is -0.107. The second kappa shape index (κ2) is 6.80. The Balaban J connectivity index is 2.38. The number of likely N-dealkylation sites (tertiary alicyclic amines) is 1. The molecule has 4 heteroatoms. The van der Waals surface area contributed by atoms with E-state index >= 15 is 0 Å². The quantitative estimate of drug-likeness (QED) is 0.643. The van der Waals surface area contributed by atoms with Crippen LogP contribution in [0.5, 0.6) is 0 Å². The van der Waals surface area contributed by atoms with Crippen molar-refractivity contribution in [2.45, 2.75) is 31.7 Å². The molecule has 1 saturated heterocycles. The molecule has 1 aliphatic rings. The van der Waals surface area contributed by atoms with Gasteiger partial charge in [0.25, 0.3) is 0 Å². The summed E-state index contributed by atoms with van der Waals surface area (Å²) in [6.45, 7) is 2.72. The molecule has 1 fully saturated rings. The van der Waals surface area contributed by atoms with Gasteiger partial charge in [-0.1, -0.05) is 6.42 Å². The molecule has 1 atom stereocenters. The molecule has 0 aromatic carbocycles. The van der Waals surface area contributed by atoms with Gasteiger partial charge in [-0.3, -0.25) is 9.69 Å². The fourth-order valence-electron chi connectivity index (χ4n) is 2.07. The number of methoxy groups -OCH3 is 2. The minimum absolute atomic E-state index is 0.107. The average molecular weight is 215 g/mol. The summed E-state index contributed by atoms with van der Waals surface area (Å²) in [5.74, 6) is -0.107. The summed E-state index contributed by atoms with van der Waals surface area (Å²) in [4.78, 5) is 13.6. The molecule has 1 heterocycles. The monoisotopic (exact) mass is 215 g/mol. The lowest BCUT2D eigenvalue weighted by atomic mass is 9.99. The first-order valence-electron chi connectivity index (χ1n) is 5.57. The maximum atomic E-state index is 11.2. The number of esters is 1. The average Bonchev–Trinajstić information content (AvgIpc) is 2.28. The third-order valence-corrected chi connectivity index (χ3v) is 2.96. The van der Waals surface area contributed by atoms with Crippen LogP contribution in [0.2, 0.25) is 0 Å². The van der Waals surface area contributed by atoms with E-state index in [1.54, 1.807) is 7.11 Å². The molecule has 0 aliphatic carbocycles. The molecule has 0 aromatic heterocycles. The molecule has 0 radical (unpaired) electrons. The van der Waals surface area contributed by atoms with Crippen molar-refractivity contribution in [1.29, 1.82) is 0 Å². The fraction of sp³-hybridized carbons (Fsp3) is 0.909. The topological polar surface area (TPSA) is 38.8 Å². The predicted molar refractivity (Wildman–Crippen MR) is 57.7 cm³/mol. The second-order valence-corrected chi connectivity index (χ2v) is 3.96. The van der Waals surface area contributed by atoms with Crippen molar-refractivity contribution in [3.8, 4) is 0 Å². The fourth-order valence-corrected chi connectivity index (χ4v) is 2.07. The molecule has 0 N–H and O–H groups in total. The molecule has 1 unspecified atom stereocenters. The number of piperidine rings is 1. The first kappa shape index (κ1) is 12.5. The van der Waals surface area contributed by atoms with Gasteiger partial charge < -0.3 is 9.47 Å². The summed E-state index contributed by atoms with van der Waals surface area (Å²) in [5, 5.41) is 0. The zero-order chi connectivity index (χ0) is 11.1. The standard InChI is InChI=1S/C11H21NO3/c1-14-8-7-12-6-4-3-5-10(12)9-11(13)15-2/h10H,3-9H2,1-2H3. The maximum absolute atomic E-state index is 11.2. The van der Waals surface area contributed by atoms with Crippen molar-refractivity contribution in [3.63, 3.8) is 0 Å². The van der Waals surface area contributed by atoms with E-state index < -0.39 is 0 Å². The molecule has 0 amide bonds. The van der Waals surface area contributed by atoms with Gasteiger partial charge in [0.2, 0.25) is 0 Å². The molecule has 15 heavy (non-hydrogen) atoms. The van der Waals surface area contributed by atoms with Crippen LogP contribution in [-0.4, -0.2) is 50.8 Å². The summed E-state index contributed by atoms with van der Waals surface area (Å²) in [6.07, 6.45) is 4.05. The van der Waals surface area contributed by atoms with Crippen LogP contribution in [0.3, 0.4) is 0 Å². The molecular weight excluding hydrogens is 194 g/mol. The van der Waals surface area contributed by atoms with E-state index in [1.807, 2.05) is 0 Å². The van der Waals surface area contributed by atoms with E-state index in [-0.39, 0.29) is 5.97 Å². The lowest BCUT2D eigenvalue weighted by Gasteiger charge is -2.34. The second-order valence-electron chi connectivity index (χ2n) is 3.96. The maximum Gasteiger partial charge on any atom is 0.307 e. The largest absolute Gasteiger partial charge is 0.469 e. The number of carbonyl (C=O) groups is 1. The number of nitrogens with zero attached hydrogens (tertiary/aromatic N) is 1. The SMILES string of the molecule is COCCN1CCCCC1CC(=O)OC. The Bertz CT molecular complexity index is 196. The molecule has 0 saturated carbocycles. The van der Waals surface area contributed by atoms with E-state index in [0.717, 1.165) is 26.1 Å². The Hall–Kier alpha value is -0.610. The van der Waals surface area contributed by atoms with Gasteiger partial charge in [0.1, 0.15) is 0 Å². The smallest absolute Gasteiger partial charge is 0.307 e. The Morgan fingerprint density at radius 3 is 2.87 bits per heavy atom. The molecule has 1 aliphatic heterocycles. The molecule has 4 nitrogen and oxygen atoms in total. The highest BCUT2D eigenvalue weighted by Crippen LogP contribution is 2.19. The summed E-state index contributed by atoms with van der Waals surface area (Å²) < 4.78 is 9.78. The number of carbonyl (C=O) groups excluding carboxylic acids is 1. The first-order valence-corrected chi connectivity index (χ1v) is 5.57. The molecule has 0 aromatic rings. The summed E-state index contributed by atoms with van der Waals surface area (Å²) in [7, 11) is 3.16. The van der Waals surface area contributed by atoms with Crippen LogP contribution in [0.15, 0.2) is 0 Å². The van der Waals surface area contributed by atoms with Crippen LogP contribution >= 0.6 is 0 Å². The van der Waals surface area contributed by atoms with Crippen LogP contribution in [-0.2, 0) is 14.3 Å². The van der Waals surface area contributed by atoms with Crippen molar-refractivity contribution in [2.75, 3.05) is 33.9 Å². The van der Waals surface area contributed by atoms with Crippen molar-refractivity contribution in [1.82, 2.24) is 4.90 Å². The Morgan fingerprint density at radius 1 is 1.40 bits per heavy atom. The zero-order valence-electron chi connectivity index (χ0n) is 9.70. The zero-order valence-corrected chi connectivity index (χ0v) is 9.70. The summed E-state index contributed by atoms with van der Waals surface area (Å²) >= 11 is 0. The van der Waals surface area contributed by atoms with Crippen LogP contribution in [0, 0.1) is 0 Å². The van der Waals surface area contributed by atoms with E-state index in [9.17, 15) is 4.79 Å². The number of hydrogen-bond donors (Lipinski definition) is 0. The number of hydrogen-bond acceptors (Lipinski definition) is 4. The lowest BCUT2D eigenvalue weighted by molar-refractivity contribution is -0.142. The van der Waals surface area contributed by atoms with Gasteiger partial charge in [-0.05, 0) is 19.4 Å². The Labute approximate surface area is 91.5 Å². The molecule has 1 rings (SSSR count). The Kier molecular flexibility index (Phi) is 5.65. The van der Waals surface area contributed by atoms with Crippen molar-refractivity contribution in [3.05, 3.63) is 0 Å². The van der Waals surface area contributed by atoms with Gasteiger partial charge in [0, 0.05) is 19.7 Å².